The van der Waals surface area contributed by atoms with Gasteiger partial charge >= 0.3 is 0 Å². The van der Waals surface area contributed by atoms with Gasteiger partial charge in [-0.1, -0.05) is 28.6 Å². The summed E-state index contributed by atoms with van der Waals surface area (Å²) in [6, 6.07) is 6.94. The first kappa shape index (κ1) is 13.6. The van der Waals surface area contributed by atoms with Crippen LogP contribution in [0.4, 0.5) is 0 Å². The van der Waals surface area contributed by atoms with Crippen molar-refractivity contribution >= 4 is 15.9 Å². The van der Waals surface area contributed by atoms with Gasteiger partial charge in [0.05, 0.1) is 5.76 Å². The Labute approximate surface area is 118 Å². The zero-order chi connectivity index (χ0) is 13.1. The number of likely N-dealkylation sites (N-methyl/N-ethyl adjacent to an activating group) is 1. The Hall–Kier alpha value is -0.800. The van der Waals surface area contributed by atoms with Crippen LogP contribution < -0.4 is 4.74 Å². The van der Waals surface area contributed by atoms with Crippen molar-refractivity contribution in [1.82, 2.24) is 4.90 Å². The number of hydrogen-bond acceptors (Lipinski definition) is 2. The molecule has 0 saturated carbocycles. The van der Waals surface area contributed by atoms with Gasteiger partial charge in [0, 0.05) is 17.9 Å². The van der Waals surface area contributed by atoms with E-state index in [-0.39, 0.29) is 0 Å². The average molecular weight is 310 g/mol. The lowest BCUT2D eigenvalue weighted by molar-refractivity contribution is 0.226. The van der Waals surface area contributed by atoms with Gasteiger partial charge in [0.1, 0.15) is 5.75 Å². The fourth-order valence-electron chi connectivity index (χ4n) is 2.56. The monoisotopic (exact) mass is 309 g/mol. The molecule has 3 heteroatoms. The number of allylic oxidation sites excluding steroid dienone is 1. The molecular weight excluding hydrogens is 290 g/mol. The molecule has 0 bridgehead atoms. The molecule has 0 N–H and O–H groups in total. The Bertz CT molecular complexity index is 444. The van der Waals surface area contributed by atoms with E-state index in [1.165, 1.54) is 11.1 Å². The molecule has 0 radical (unpaired) electrons. The van der Waals surface area contributed by atoms with Gasteiger partial charge in [-0.05, 0) is 50.1 Å². The maximum atomic E-state index is 5.59. The maximum Gasteiger partial charge on any atom is 0.127 e. The summed E-state index contributed by atoms with van der Waals surface area (Å²) >= 11 is 3.55. The summed E-state index contributed by atoms with van der Waals surface area (Å²) in [6.07, 6.45) is 2.24. The smallest absolute Gasteiger partial charge is 0.127 e. The highest BCUT2D eigenvalue weighted by Crippen LogP contribution is 2.33. The van der Waals surface area contributed by atoms with Crippen molar-refractivity contribution in [3.63, 3.8) is 0 Å². The third-order valence-corrected chi connectivity index (χ3v) is 3.87. The van der Waals surface area contributed by atoms with Gasteiger partial charge in [0.15, 0.2) is 0 Å². The van der Waals surface area contributed by atoms with Crippen LogP contribution in [0.1, 0.15) is 30.5 Å². The molecule has 2 rings (SSSR count). The first-order chi connectivity index (χ1) is 8.61. The van der Waals surface area contributed by atoms with Crippen LogP contribution in [-0.2, 0) is 6.42 Å². The molecular formula is C15H20BrNO. The van der Waals surface area contributed by atoms with E-state index in [9.17, 15) is 0 Å². The van der Waals surface area contributed by atoms with E-state index in [2.05, 4.69) is 46.6 Å². The zero-order valence-electron chi connectivity index (χ0n) is 11.1. The van der Waals surface area contributed by atoms with Crippen molar-refractivity contribution < 1.29 is 4.74 Å². The predicted octanol–water partition coefficient (Wildman–Crippen LogP) is 3.91. The second kappa shape index (κ2) is 5.89. The summed E-state index contributed by atoms with van der Waals surface area (Å²) in [5.74, 6) is 1.64. The van der Waals surface area contributed by atoms with Crippen molar-refractivity contribution in [2.24, 2.45) is 0 Å². The normalized spacial score (nSPS) is 19.4. The molecule has 98 valence electrons. The molecule has 1 aliphatic rings. The molecule has 0 aromatic heterocycles. The molecule has 1 atom stereocenters. The number of ether oxygens (including phenoxy) is 1. The largest absolute Gasteiger partial charge is 0.463 e. The average Bonchev–Trinajstić information content (AvgIpc) is 2.32. The van der Waals surface area contributed by atoms with E-state index in [1.807, 2.05) is 13.0 Å². The van der Waals surface area contributed by atoms with Crippen LogP contribution in [0.2, 0.25) is 0 Å². The van der Waals surface area contributed by atoms with Crippen LogP contribution in [0.5, 0.6) is 5.75 Å². The lowest BCUT2D eigenvalue weighted by Crippen LogP contribution is -2.32. The SMILES string of the molecule is C=C(C)Oc1ccc2c(c1)CCN(C)C2CCBr. The Morgan fingerprint density at radius 3 is 3.00 bits per heavy atom. The summed E-state index contributed by atoms with van der Waals surface area (Å²) < 4.78 is 5.59. The van der Waals surface area contributed by atoms with E-state index in [0.29, 0.717) is 6.04 Å². The van der Waals surface area contributed by atoms with Crippen LogP contribution in [0.15, 0.2) is 30.5 Å². The molecule has 18 heavy (non-hydrogen) atoms. The second-order valence-corrected chi connectivity index (χ2v) is 5.68. The molecule has 1 unspecified atom stereocenters. The zero-order valence-corrected chi connectivity index (χ0v) is 12.7. The Morgan fingerprint density at radius 1 is 1.56 bits per heavy atom. The molecule has 0 saturated heterocycles. The van der Waals surface area contributed by atoms with E-state index < -0.39 is 0 Å². The van der Waals surface area contributed by atoms with Crippen molar-refractivity contribution in [1.29, 1.82) is 0 Å². The van der Waals surface area contributed by atoms with Crippen LogP contribution in [0.25, 0.3) is 0 Å². The van der Waals surface area contributed by atoms with Gasteiger partial charge in [-0.3, -0.25) is 4.90 Å². The minimum absolute atomic E-state index is 0.520. The second-order valence-electron chi connectivity index (χ2n) is 4.89. The first-order valence-electron chi connectivity index (χ1n) is 6.34. The van der Waals surface area contributed by atoms with Crippen LogP contribution in [0.3, 0.4) is 0 Å². The number of halogens is 1. The molecule has 1 heterocycles. The first-order valence-corrected chi connectivity index (χ1v) is 7.46. The highest BCUT2D eigenvalue weighted by atomic mass is 79.9. The van der Waals surface area contributed by atoms with Gasteiger partial charge in [0.2, 0.25) is 0 Å². The topological polar surface area (TPSA) is 12.5 Å². The van der Waals surface area contributed by atoms with Crippen molar-refractivity contribution in [2.75, 3.05) is 18.9 Å². The molecule has 0 aliphatic carbocycles. The number of hydrogen-bond donors (Lipinski definition) is 0. The van der Waals surface area contributed by atoms with Crippen LogP contribution in [0, 0.1) is 0 Å². The molecule has 2 nitrogen and oxygen atoms in total. The fraction of sp³-hybridized carbons (Fsp3) is 0.467. The van der Waals surface area contributed by atoms with E-state index in [4.69, 9.17) is 4.74 Å². The van der Waals surface area contributed by atoms with E-state index >= 15 is 0 Å². The van der Waals surface area contributed by atoms with Gasteiger partial charge in [-0.2, -0.15) is 0 Å². The number of nitrogens with zero attached hydrogens (tertiary/aromatic N) is 1. The van der Waals surface area contributed by atoms with Gasteiger partial charge in [-0.15, -0.1) is 0 Å². The van der Waals surface area contributed by atoms with E-state index in [0.717, 1.165) is 36.2 Å². The number of rotatable bonds is 4. The summed E-state index contributed by atoms with van der Waals surface area (Å²) in [5, 5.41) is 1.03. The standard InChI is InChI=1S/C15H20BrNO/c1-11(2)18-13-4-5-14-12(10-13)7-9-17(3)15(14)6-8-16/h4-5,10,15H,1,6-9H2,2-3H3. The molecule has 1 aliphatic heterocycles. The van der Waals surface area contributed by atoms with Crippen molar-refractivity contribution in [2.45, 2.75) is 25.8 Å². The molecule has 0 amide bonds. The minimum Gasteiger partial charge on any atom is -0.463 e. The van der Waals surface area contributed by atoms with E-state index in [1.54, 1.807) is 0 Å². The van der Waals surface area contributed by atoms with Crippen LogP contribution in [-0.4, -0.2) is 23.8 Å². The lowest BCUT2D eigenvalue weighted by atomic mass is 9.91. The Morgan fingerprint density at radius 2 is 2.33 bits per heavy atom. The third-order valence-electron chi connectivity index (χ3n) is 3.41. The highest BCUT2D eigenvalue weighted by molar-refractivity contribution is 9.09. The summed E-state index contributed by atoms with van der Waals surface area (Å²) in [5.41, 5.74) is 2.86. The van der Waals surface area contributed by atoms with Gasteiger partial charge in [0.25, 0.3) is 0 Å². The summed E-state index contributed by atoms with van der Waals surface area (Å²) in [6.45, 7) is 6.77. The third kappa shape index (κ3) is 2.96. The van der Waals surface area contributed by atoms with Crippen LogP contribution >= 0.6 is 15.9 Å². The fourth-order valence-corrected chi connectivity index (χ4v) is 2.99. The highest BCUT2D eigenvalue weighted by Gasteiger charge is 2.24. The number of fused-ring (bicyclic) bond motifs is 1. The Balaban J connectivity index is 2.27. The molecule has 0 spiro atoms. The number of benzene rings is 1. The lowest BCUT2D eigenvalue weighted by Gasteiger charge is -2.34. The maximum absolute atomic E-state index is 5.59. The number of alkyl halides is 1. The Kier molecular flexibility index (Phi) is 4.46. The van der Waals surface area contributed by atoms with Gasteiger partial charge < -0.3 is 4.74 Å². The predicted molar refractivity (Wildman–Crippen MR) is 79.4 cm³/mol. The minimum atomic E-state index is 0.520. The molecule has 1 aromatic rings. The van der Waals surface area contributed by atoms with Crippen molar-refractivity contribution in [3.05, 3.63) is 41.7 Å². The van der Waals surface area contributed by atoms with Gasteiger partial charge in [-0.25, -0.2) is 0 Å². The molecule has 1 aromatic carbocycles. The molecule has 0 fully saturated rings. The summed E-state index contributed by atoms with van der Waals surface area (Å²) in [4.78, 5) is 2.43. The summed E-state index contributed by atoms with van der Waals surface area (Å²) in [7, 11) is 2.20. The van der Waals surface area contributed by atoms with Crippen molar-refractivity contribution in [3.8, 4) is 5.75 Å². The quantitative estimate of drug-likeness (QED) is 0.617.